The maximum Gasteiger partial charge on any atom is 0.309 e. The molecule has 0 saturated carbocycles. The SMILES string of the molecule is COc1c(-[n+]2ccc(N(C)C)cc2)c(=O)c1=O. The monoisotopic (exact) mass is 233 g/mol. The molecule has 1 aromatic carbocycles. The lowest BCUT2D eigenvalue weighted by molar-refractivity contribution is -0.598. The largest absolute Gasteiger partial charge is 0.487 e. The van der Waals surface area contributed by atoms with Crippen LogP contribution < -0.4 is 25.1 Å². The van der Waals surface area contributed by atoms with Crippen molar-refractivity contribution in [2.45, 2.75) is 0 Å². The average molecular weight is 233 g/mol. The fourth-order valence-corrected chi connectivity index (χ4v) is 1.65. The van der Waals surface area contributed by atoms with Gasteiger partial charge >= 0.3 is 11.1 Å². The lowest BCUT2D eigenvalue weighted by Gasteiger charge is -2.10. The molecule has 88 valence electrons. The Morgan fingerprint density at radius 1 is 1.12 bits per heavy atom. The predicted octanol–water partition coefficient (Wildman–Crippen LogP) is -0.366. The molecule has 5 nitrogen and oxygen atoms in total. The number of pyridine rings is 1. The number of anilines is 1. The van der Waals surface area contributed by atoms with Crippen molar-refractivity contribution in [3.05, 3.63) is 45.0 Å². The smallest absolute Gasteiger partial charge is 0.309 e. The van der Waals surface area contributed by atoms with Gasteiger partial charge in [-0.25, -0.2) is 0 Å². The topological polar surface area (TPSA) is 50.5 Å². The molecule has 0 aliphatic heterocycles. The first-order valence-electron chi connectivity index (χ1n) is 5.12. The summed E-state index contributed by atoms with van der Waals surface area (Å²) >= 11 is 0. The van der Waals surface area contributed by atoms with Crippen molar-refractivity contribution in [1.29, 1.82) is 0 Å². The molecule has 1 heterocycles. The van der Waals surface area contributed by atoms with Crippen LogP contribution >= 0.6 is 0 Å². The zero-order chi connectivity index (χ0) is 12.6. The second-order valence-corrected chi connectivity index (χ2v) is 3.90. The first-order chi connectivity index (χ1) is 8.06. The highest BCUT2D eigenvalue weighted by atomic mass is 16.5. The first kappa shape index (κ1) is 11.3. The number of rotatable bonds is 3. The maximum atomic E-state index is 11.4. The lowest BCUT2D eigenvalue weighted by Crippen LogP contribution is -2.47. The molecular weight excluding hydrogens is 220 g/mol. The second kappa shape index (κ2) is 4.01. The molecule has 0 bridgehead atoms. The van der Waals surface area contributed by atoms with E-state index in [4.69, 9.17) is 4.74 Å². The van der Waals surface area contributed by atoms with Gasteiger partial charge in [0.05, 0.1) is 7.11 Å². The van der Waals surface area contributed by atoms with E-state index in [1.54, 1.807) is 17.0 Å². The van der Waals surface area contributed by atoms with Gasteiger partial charge in [-0.15, -0.1) is 0 Å². The van der Waals surface area contributed by atoms with E-state index in [0.29, 0.717) is 5.69 Å². The summed E-state index contributed by atoms with van der Waals surface area (Å²) < 4.78 is 6.48. The van der Waals surface area contributed by atoms with Gasteiger partial charge in [0.1, 0.15) is 0 Å². The fraction of sp³-hybridized carbons (Fsp3) is 0.250. The molecule has 5 heteroatoms. The molecular formula is C12H13N2O3+. The van der Waals surface area contributed by atoms with Crippen molar-refractivity contribution >= 4 is 5.69 Å². The quantitative estimate of drug-likeness (QED) is 0.536. The van der Waals surface area contributed by atoms with Crippen molar-refractivity contribution in [2.24, 2.45) is 0 Å². The van der Waals surface area contributed by atoms with E-state index in [1.165, 1.54) is 7.11 Å². The van der Waals surface area contributed by atoms with Crippen LogP contribution in [0.5, 0.6) is 5.75 Å². The molecule has 0 saturated heterocycles. The molecule has 17 heavy (non-hydrogen) atoms. The summed E-state index contributed by atoms with van der Waals surface area (Å²) in [5.74, 6) is 0.123. The molecule has 0 unspecified atom stereocenters. The molecule has 0 N–H and O–H groups in total. The molecule has 0 radical (unpaired) electrons. The van der Waals surface area contributed by atoms with Crippen LogP contribution in [-0.4, -0.2) is 21.2 Å². The Kier molecular flexibility index (Phi) is 2.67. The van der Waals surface area contributed by atoms with Crippen LogP contribution in [-0.2, 0) is 0 Å². The van der Waals surface area contributed by atoms with E-state index in [1.807, 2.05) is 31.1 Å². The Hall–Kier alpha value is -2.17. The highest BCUT2D eigenvalue weighted by Gasteiger charge is 2.30. The summed E-state index contributed by atoms with van der Waals surface area (Å²) in [4.78, 5) is 24.6. The summed E-state index contributed by atoms with van der Waals surface area (Å²) in [6.07, 6.45) is 3.46. The summed E-state index contributed by atoms with van der Waals surface area (Å²) in [6.45, 7) is 0. The minimum Gasteiger partial charge on any atom is -0.487 e. The van der Waals surface area contributed by atoms with Gasteiger partial charge in [0, 0.05) is 31.9 Å². The predicted molar refractivity (Wildman–Crippen MR) is 63.8 cm³/mol. The summed E-state index contributed by atoms with van der Waals surface area (Å²) in [7, 11) is 5.24. The lowest BCUT2D eigenvalue weighted by atomic mass is 10.2. The third-order valence-electron chi connectivity index (χ3n) is 2.63. The normalized spacial score (nSPS) is 10.5. The summed E-state index contributed by atoms with van der Waals surface area (Å²) in [6, 6.07) is 3.71. The fourth-order valence-electron chi connectivity index (χ4n) is 1.65. The van der Waals surface area contributed by atoms with Crippen molar-refractivity contribution in [2.75, 3.05) is 26.1 Å². The molecule has 0 spiro atoms. The average Bonchev–Trinajstić information content (AvgIpc) is 2.34. The Balaban J connectivity index is 2.45. The molecule has 0 aliphatic carbocycles. The highest BCUT2D eigenvalue weighted by Crippen LogP contribution is 2.11. The van der Waals surface area contributed by atoms with Crippen LogP contribution in [0.1, 0.15) is 0 Å². The van der Waals surface area contributed by atoms with Crippen LogP contribution in [0.2, 0.25) is 0 Å². The van der Waals surface area contributed by atoms with Gasteiger partial charge in [-0.3, -0.25) is 9.59 Å². The van der Waals surface area contributed by atoms with E-state index < -0.39 is 10.9 Å². The van der Waals surface area contributed by atoms with Gasteiger partial charge in [-0.2, -0.15) is 4.57 Å². The van der Waals surface area contributed by atoms with Gasteiger partial charge in [0.2, 0.25) is 5.75 Å². The van der Waals surface area contributed by atoms with E-state index >= 15 is 0 Å². The number of hydrogen-bond acceptors (Lipinski definition) is 4. The molecule has 0 amide bonds. The van der Waals surface area contributed by atoms with Crippen LogP contribution in [0, 0.1) is 0 Å². The van der Waals surface area contributed by atoms with Gasteiger partial charge in [0.25, 0.3) is 5.43 Å². The van der Waals surface area contributed by atoms with Crippen molar-refractivity contribution in [3.8, 4) is 11.4 Å². The van der Waals surface area contributed by atoms with Crippen molar-refractivity contribution in [3.63, 3.8) is 0 Å². The Bertz CT molecular complexity index is 607. The number of nitrogens with zero attached hydrogens (tertiary/aromatic N) is 2. The molecule has 0 fully saturated rings. The third-order valence-corrected chi connectivity index (χ3v) is 2.63. The zero-order valence-electron chi connectivity index (χ0n) is 9.93. The highest BCUT2D eigenvalue weighted by molar-refractivity contribution is 5.47. The molecule has 0 atom stereocenters. The number of aromatic nitrogens is 1. The minimum absolute atomic E-state index is 0.123. The number of methoxy groups -OCH3 is 1. The van der Waals surface area contributed by atoms with Gasteiger partial charge in [-0.1, -0.05) is 0 Å². The Labute approximate surface area is 98.2 Å². The van der Waals surface area contributed by atoms with Gasteiger partial charge in [0.15, 0.2) is 12.4 Å². The number of hydrogen-bond donors (Lipinski definition) is 0. The third kappa shape index (κ3) is 1.69. The van der Waals surface area contributed by atoms with E-state index in [-0.39, 0.29) is 5.75 Å². The molecule has 2 rings (SSSR count). The van der Waals surface area contributed by atoms with E-state index in [9.17, 15) is 9.59 Å². The van der Waals surface area contributed by atoms with Crippen molar-refractivity contribution in [1.82, 2.24) is 0 Å². The summed E-state index contributed by atoms with van der Waals surface area (Å²) in [5, 5.41) is 0. The standard InChI is InChI=1S/C12H13N2O3/c1-13(2)8-4-6-14(7-5-8)9-10(15)11(16)12(9)17-3/h4-7H,1-3H3/q+1. The maximum absolute atomic E-state index is 11.4. The summed E-state index contributed by atoms with van der Waals surface area (Å²) in [5.41, 5.74) is 0.234. The number of ether oxygens (including phenoxy) is 1. The van der Waals surface area contributed by atoms with Gasteiger partial charge in [-0.05, 0) is 0 Å². The van der Waals surface area contributed by atoms with Crippen LogP contribution in [0.3, 0.4) is 0 Å². The van der Waals surface area contributed by atoms with Crippen LogP contribution in [0.25, 0.3) is 5.69 Å². The minimum atomic E-state index is -0.563. The molecule has 2 aromatic rings. The van der Waals surface area contributed by atoms with E-state index in [2.05, 4.69) is 0 Å². The molecule has 1 aromatic heterocycles. The Morgan fingerprint density at radius 3 is 2.18 bits per heavy atom. The van der Waals surface area contributed by atoms with Gasteiger partial charge < -0.3 is 9.64 Å². The Morgan fingerprint density at radius 2 is 1.71 bits per heavy atom. The zero-order valence-corrected chi connectivity index (χ0v) is 9.93. The van der Waals surface area contributed by atoms with Crippen LogP contribution in [0.4, 0.5) is 5.69 Å². The van der Waals surface area contributed by atoms with Crippen molar-refractivity contribution < 1.29 is 9.30 Å². The second-order valence-electron chi connectivity index (χ2n) is 3.90. The molecule has 0 aliphatic rings. The first-order valence-corrected chi connectivity index (χ1v) is 5.12. The van der Waals surface area contributed by atoms with E-state index in [0.717, 1.165) is 5.69 Å². The van der Waals surface area contributed by atoms with Crippen LogP contribution in [0.15, 0.2) is 34.1 Å².